The van der Waals surface area contributed by atoms with Gasteiger partial charge in [-0.25, -0.2) is 9.97 Å². The second-order valence-corrected chi connectivity index (χ2v) is 6.32. The lowest BCUT2D eigenvalue weighted by atomic mass is 10.2. The van der Waals surface area contributed by atoms with E-state index < -0.39 is 0 Å². The van der Waals surface area contributed by atoms with E-state index in [4.69, 9.17) is 11.6 Å². The van der Waals surface area contributed by atoms with Crippen molar-refractivity contribution >= 4 is 40.3 Å². The molecule has 0 spiro atoms. The van der Waals surface area contributed by atoms with Crippen molar-refractivity contribution in [1.82, 2.24) is 9.97 Å². The van der Waals surface area contributed by atoms with Crippen LogP contribution in [0.2, 0.25) is 5.02 Å². The number of nitrogens with zero attached hydrogens (tertiary/aromatic N) is 3. The summed E-state index contributed by atoms with van der Waals surface area (Å²) in [5.41, 5.74) is 3.04. The van der Waals surface area contributed by atoms with Gasteiger partial charge in [-0.05, 0) is 55.5 Å². The van der Waals surface area contributed by atoms with E-state index >= 15 is 0 Å². The van der Waals surface area contributed by atoms with Crippen molar-refractivity contribution in [2.45, 2.75) is 6.92 Å². The molecule has 0 unspecified atom stereocenters. The van der Waals surface area contributed by atoms with Crippen molar-refractivity contribution in [3.63, 3.8) is 0 Å². The molecule has 3 aromatic rings. The van der Waals surface area contributed by atoms with Crippen LogP contribution in [0.4, 0.5) is 28.7 Å². The van der Waals surface area contributed by atoms with Crippen LogP contribution in [-0.4, -0.2) is 24.1 Å². The van der Waals surface area contributed by atoms with Crippen molar-refractivity contribution in [2.75, 3.05) is 29.6 Å². The molecule has 0 fully saturated rings. The molecule has 25 heavy (non-hydrogen) atoms. The Balaban J connectivity index is 1.77. The van der Waals surface area contributed by atoms with E-state index in [-0.39, 0.29) is 0 Å². The molecular weight excluding hydrogens is 334 g/mol. The number of aryl methyl sites for hydroxylation is 1. The van der Waals surface area contributed by atoms with Gasteiger partial charge in [-0.2, -0.15) is 0 Å². The molecule has 0 aliphatic rings. The van der Waals surface area contributed by atoms with Gasteiger partial charge < -0.3 is 15.5 Å². The molecule has 0 atom stereocenters. The maximum absolute atomic E-state index is 5.92. The maximum atomic E-state index is 5.92. The Morgan fingerprint density at radius 2 is 1.28 bits per heavy atom. The number of halogens is 1. The predicted octanol–water partition coefficient (Wildman–Crippen LogP) is 4.99. The fourth-order valence-electron chi connectivity index (χ4n) is 2.37. The van der Waals surface area contributed by atoms with Crippen LogP contribution < -0.4 is 15.5 Å². The molecule has 0 amide bonds. The number of aromatic nitrogens is 2. The number of hydrogen-bond donors (Lipinski definition) is 2. The lowest BCUT2D eigenvalue weighted by Gasteiger charge is -2.14. The highest BCUT2D eigenvalue weighted by Gasteiger charge is 2.04. The van der Waals surface area contributed by atoms with E-state index in [1.54, 1.807) is 0 Å². The largest absolute Gasteiger partial charge is 0.378 e. The number of benzene rings is 2. The Morgan fingerprint density at radius 1 is 0.800 bits per heavy atom. The maximum Gasteiger partial charge on any atom is 0.136 e. The van der Waals surface area contributed by atoms with Crippen LogP contribution in [0.1, 0.15) is 5.82 Å². The molecule has 0 saturated carbocycles. The quantitative estimate of drug-likeness (QED) is 0.676. The zero-order chi connectivity index (χ0) is 17.8. The van der Waals surface area contributed by atoms with Gasteiger partial charge in [-0.3, -0.25) is 0 Å². The molecule has 0 saturated heterocycles. The summed E-state index contributed by atoms with van der Waals surface area (Å²) < 4.78 is 0. The summed E-state index contributed by atoms with van der Waals surface area (Å²) in [6.45, 7) is 1.87. The van der Waals surface area contributed by atoms with Crippen molar-refractivity contribution in [3.8, 4) is 0 Å². The average Bonchev–Trinajstić information content (AvgIpc) is 2.57. The van der Waals surface area contributed by atoms with Crippen LogP contribution in [0.5, 0.6) is 0 Å². The van der Waals surface area contributed by atoms with Gasteiger partial charge >= 0.3 is 0 Å². The molecule has 6 heteroatoms. The highest BCUT2D eigenvalue weighted by Crippen LogP contribution is 2.23. The van der Waals surface area contributed by atoms with Crippen LogP contribution in [0.3, 0.4) is 0 Å². The minimum atomic E-state index is 0.686. The van der Waals surface area contributed by atoms with Gasteiger partial charge in [0, 0.05) is 42.2 Å². The molecule has 2 N–H and O–H groups in total. The van der Waals surface area contributed by atoms with E-state index in [0.717, 1.165) is 28.7 Å². The standard InChI is InChI=1S/C19H20ClN5/c1-13-21-18(23-15-6-4-14(20)5-7-15)12-19(22-13)24-16-8-10-17(11-9-16)25(2)3/h4-12H,1-3H3,(H2,21,22,23,24). The number of anilines is 5. The Bertz CT molecular complexity index is 845. The summed E-state index contributed by atoms with van der Waals surface area (Å²) in [5.74, 6) is 2.15. The van der Waals surface area contributed by atoms with E-state index in [0.29, 0.717) is 10.8 Å². The first kappa shape index (κ1) is 17.0. The monoisotopic (exact) mass is 353 g/mol. The minimum Gasteiger partial charge on any atom is -0.378 e. The lowest BCUT2D eigenvalue weighted by Crippen LogP contribution is -2.08. The minimum absolute atomic E-state index is 0.686. The highest BCUT2D eigenvalue weighted by atomic mass is 35.5. The van der Waals surface area contributed by atoms with Crippen LogP contribution in [-0.2, 0) is 0 Å². The topological polar surface area (TPSA) is 53.1 Å². The summed E-state index contributed by atoms with van der Waals surface area (Å²) in [4.78, 5) is 10.9. The average molecular weight is 354 g/mol. The van der Waals surface area contributed by atoms with Crippen molar-refractivity contribution < 1.29 is 0 Å². The van der Waals surface area contributed by atoms with Crippen molar-refractivity contribution in [3.05, 3.63) is 65.4 Å². The highest BCUT2D eigenvalue weighted by molar-refractivity contribution is 6.30. The van der Waals surface area contributed by atoms with E-state index in [2.05, 4.69) is 37.6 Å². The molecule has 1 aromatic heterocycles. The molecule has 1 heterocycles. The van der Waals surface area contributed by atoms with Gasteiger partial charge in [0.1, 0.15) is 17.5 Å². The number of hydrogen-bond acceptors (Lipinski definition) is 5. The normalized spacial score (nSPS) is 10.4. The fourth-order valence-corrected chi connectivity index (χ4v) is 2.49. The predicted molar refractivity (Wildman–Crippen MR) is 106 cm³/mol. The Morgan fingerprint density at radius 3 is 1.76 bits per heavy atom. The van der Waals surface area contributed by atoms with Crippen LogP contribution in [0.25, 0.3) is 0 Å². The van der Waals surface area contributed by atoms with E-state index in [1.165, 1.54) is 0 Å². The second-order valence-electron chi connectivity index (χ2n) is 5.88. The van der Waals surface area contributed by atoms with Gasteiger partial charge in [0.15, 0.2) is 0 Å². The summed E-state index contributed by atoms with van der Waals surface area (Å²) in [6, 6.07) is 17.5. The van der Waals surface area contributed by atoms with Gasteiger partial charge in [-0.1, -0.05) is 11.6 Å². The molecule has 128 valence electrons. The third kappa shape index (κ3) is 4.61. The molecule has 2 aromatic carbocycles. The molecular formula is C19H20ClN5. The number of rotatable bonds is 5. The molecule has 5 nitrogen and oxygen atoms in total. The SMILES string of the molecule is Cc1nc(Nc2ccc(Cl)cc2)cc(Nc2ccc(N(C)C)cc2)n1. The third-order valence-electron chi connectivity index (χ3n) is 3.61. The van der Waals surface area contributed by atoms with Crippen molar-refractivity contribution in [1.29, 1.82) is 0 Å². The third-order valence-corrected chi connectivity index (χ3v) is 3.86. The lowest BCUT2D eigenvalue weighted by molar-refractivity contribution is 1.06. The van der Waals surface area contributed by atoms with Gasteiger partial charge in [0.2, 0.25) is 0 Å². The molecule has 3 rings (SSSR count). The molecule has 0 bridgehead atoms. The van der Waals surface area contributed by atoms with E-state index in [9.17, 15) is 0 Å². The summed E-state index contributed by atoms with van der Waals surface area (Å²) >= 11 is 5.92. The summed E-state index contributed by atoms with van der Waals surface area (Å²) in [6.07, 6.45) is 0. The first-order valence-corrected chi connectivity index (χ1v) is 8.30. The Hall–Kier alpha value is -2.79. The molecule has 0 aliphatic carbocycles. The van der Waals surface area contributed by atoms with Crippen molar-refractivity contribution in [2.24, 2.45) is 0 Å². The van der Waals surface area contributed by atoms with Gasteiger partial charge in [-0.15, -0.1) is 0 Å². The Kier molecular flexibility index (Phi) is 5.05. The molecule has 0 radical (unpaired) electrons. The second kappa shape index (κ2) is 7.40. The zero-order valence-corrected chi connectivity index (χ0v) is 15.2. The van der Waals surface area contributed by atoms with Gasteiger partial charge in [0.25, 0.3) is 0 Å². The van der Waals surface area contributed by atoms with Crippen LogP contribution >= 0.6 is 11.6 Å². The fraction of sp³-hybridized carbons (Fsp3) is 0.158. The first-order chi connectivity index (χ1) is 12.0. The van der Waals surface area contributed by atoms with Gasteiger partial charge in [0.05, 0.1) is 0 Å². The smallest absolute Gasteiger partial charge is 0.136 e. The Labute approximate surface area is 152 Å². The first-order valence-electron chi connectivity index (χ1n) is 7.92. The number of nitrogens with one attached hydrogen (secondary N) is 2. The van der Waals surface area contributed by atoms with E-state index in [1.807, 2.05) is 63.5 Å². The van der Waals surface area contributed by atoms with Crippen LogP contribution in [0, 0.1) is 6.92 Å². The molecule has 0 aliphatic heterocycles. The van der Waals surface area contributed by atoms with Crippen LogP contribution in [0.15, 0.2) is 54.6 Å². The summed E-state index contributed by atoms with van der Waals surface area (Å²) in [5, 5.41) is 7.28. The summed E-state index contributed by atoms with van der Waals surface area (Å²) in [7, 11) is 4.04. The zero-order valence-electron chi connectivity index (χ0n) is 14.4.